The van der Waals surface area contributed by atoms with E-state index in [4.69, 9.17) is 9.73 Å². The molecule has 1 fully saturated rings. The fourth-order valence-corrected chi connectivity index (χ4v) is 5.19. The van der Waals surface area contributed by atoms with E-state index < -0.39 is 0 Å². The summed E-state index contributed by atoms with van der Waals surface area (Å²) in [6.45, 7) is 7.83. The summed E-state index contributed by atoms with van der Waals surface area (Å²) in [5.41, 5.74) is 1.69. The number of hydrogen-bond donors (Lipinski definition) is 0. The molecule has 0 bridgehead atoms. The third kappa shape index (κ3) is 3.82. The number of aryl methyl sites for hydroxylation is 1. The summed E-state index contributed by atoms with van der Waals surface area (Å²) in [6, 6.07) is 0. The first-order chi connectivity index (χ1) is 12.0. The van der Waals surface area contributed by atoms with Crippen molar-refractivity contribution in [1.82, 2.24) is 4.90 Å². The fourth-order valence-electron chi connectivity index (χ4n) is 2.99. The predicted octanol–water partition coefficient (Wildman–Crippen LogP) is 3.94. The highest BCUT2D eigenvalue weighted by Gasteiger charge is 2.31. The van der Waals surface area contributed by atoms with Gasteiger partial charge in [-0.25, -0.2) is 9.79 Å². The Bertz CT molecular complexity index is 737. The molecule has 2 aliphatic rings. The van der Waals surface area contributed by atoms with Crippen molar-refractivity contribution in [2.24, 2.45) is 4.99 Å². The van der Waals surface area contributed by atoms with E-state index in [1.165, 1.54) is 16.6 Å². The van der Waals surface area contributed by atoms with Gasteiger partial charge in [0.05, 0.1) is 17.4 Å². The zero-order valence-electron chi connectivity index (χ0n) is 14.5. The van der Waals surface area contributed by atoms with Gasteiger partial charge in [-0.05, 0) is 45.1 Å². The second kappa shape index (κ2) is 7.74. The molecule has 2 heterocycles. The van der Waals surface area contributed by atoms with Gasteiger partial charge in [-0.3, -0.25) is 9.69 Å². The second-order valence-corrected chi connectivity index (χ2v) is 8.35. The third-order valence-electron chi connectivity index (χ3n) is 4.07. The van der Waals surface area contributed by atoms with Gasteiger partial charge in [-0.1, -0.05) is 17.8 Å². The van der Waals surface area contributed by atoms with E-state index in [1.54, 1.807) is 22.3 Å². The average molecular weight is 379 g/mol. The molecule has 134 valence electrons. The molecule has 0 aromatic carbocycles. The van der Waals surface area contributed by atoms with Crippen LogP contribution >= 0.6 is 23.1 Å². The van der Waals surface area contributed by atoms with Crippen molar-refractivity contribution in [3.8, 4) is 0 Å². The quantitative estimate of drug-likeness (QED) is 0.575. The van der Waals surface area contributed by atoms with Crippen molar-refractivity contribution in [2.45, 2.75) is 45.6 Å². The highest BCUT2D eigenvalue weighted by Crippen LogP contribution is 2.41. The second-order valence-electron chi connectivity index (χ2n) is 6.32. The Kier molecular flexibility index (Phi) is 5.64. The first kappa shape index (κ1) is 18.2. The van der Waals surface area contributed by atoms with Crippen molar-refractivity contribution in [3.05, 3.63) is 28.7 Å². The number of carbonyl (C=O) groups is 2. The molecule has 3 rings (SSSR count). The molecular formula is C18H22N2O3S2. The van der Waals surface area contributed by atoms with Crippen LogP contribution < -0.4 is 0 Å². The maximum atomic E-state index is 12.7. The zero-order valence-corrected chi connectivity index (χ0v) is 16.2. The Balaban J connectivity index is 2.02. The molecule has 1 aromatic heterocycles. The van der Waals surface area contributed by atoms with Gasteiger partial charge in [0.25, 0.3) is 0 Å². The Morgan fingerprint density at radius 3 is 2.88 bits per heavy atom. The third-order valence-corrected chi connectivity index (χ3v) is 6.21. The van der Waals surface area contributed by atoms with Gasteiger partial charge in [-0.15, -0.1) is 17.9 Å². The number of thioether (sulfide) groups is 1. The van der Waals surface area contributed by atoms with Gasteiger partial charge >= 0.3 is 5.97 Å². The molecule has 1 amide bonds. The van der Waals surface area contributed by atoms with Crippen molar-refractivity contribution >= 4 is 45.1 Å². The van der Waals surface area contributed by atoms with Gasteiger partial charge in [0, 0.05) is 11.4 Å². The van der Waals surface area contributed by atoms with Gasteiger partial charge in [0.1, 0.15) is 5.00 Å². The molecule has 1 aliphatic carbocycles. The van der Waals surface area contributed by atoms with Gasteiger partial charge < -0.3 is 4.74 Å². The van der Waals surface area contributed by atoms with Crippen LogP contribution in [0.3, 0.4) is 0 Å². The van der Waals surface area contributed by atoms with E-state index in [2.05, 4.69) is 6.58 Å². The number of nitrogens with zero attached hydrogens (tertiary/aromatic N) is 2. The number of amidine groups is 1. The minimum absolute atomic E-state index is 0.0243. The molecule has 7 heteroatoms. The molecule has 1 saturated heterocycles. The van der Waals surface area contributed by atoms with Crippen LogP contribution in [0.15, 0.2) is 17.6 Å². The van der Waals surface area contributed by atoms with E-state index in [0.29, 0.717) is 28.0 Å². The Labute approximate surface area is 156 Å². The Morgan fingerprint density at radius 1 is 1.40 bits per heavy atom. The van der Waals surface area contributed by atoms with Gasteiger partial charge in [0.2, 0.25) is 5.91 Å². The van der Waals surface area contributed by atoms with Gasteiger partial charge in [-0.2, -0.15) is 0 Å². The number of rotatable bonds is 5. The largest absolute Gasteiger partial charge is 0.459 e. The molecule has 0 unspecified atom stereocenters. The van der Waals surface area contributed by atoms with E-state index in [9.17, 15) is 9.59 Å². The van der Waals surface area contributed by atoms with Crippen molar-refractivity contribution in [1.29, 1.82) is 0 Å². The van der Waals surface area contributed by atoms with Crippen LogP contribution in [0.25, 0.3) is 0 Å². The first-order valence-electron chi connectivity index (χ1n) is 8.49. The molecule has 0 N–H and O–H groups in total. The maximum Gasteiger partial charge on any atom is 0.341 e. The molecule has 0 spiro atoms. The van der Waals surface area contributed by atoms with Crippen LogP contribution in [-0.4, -0.2) is 40.3 Å². The molecular weight excluding hydrogens is 356 g/mol. The van der Waals surface area contributed by atoms with Crippen LogP contribution in [0.5, 0.6) is 0 Å². The first-order valence-corrected chi connectivity index (χ1v) is 10.3. The summed E-state index contributed by atoms with van der Waals surface area (Å²) in [7, 11) is 0. The number of hydrogen-bond acceptors (Lipinski definition) is 6. The lowest BCUT2D eigenvalue weighted by molar-refractivity contribution is -0.123. The number of thiophene rings is 1. The normalized spacial score (nSPS) is 18.8. The summed E-state index contributed by atoms with van der Waals surface area (Å²) in [5, 5.41) is 1.31. The minimum atomic E-state index is -0.307. The van der Waals surface area contributed by atoms with Crippen LogP contribution in [0, 0.1) is 0 Å². The van der Waals surface area contributed by atoms with Crippen LogP contribution in [0.1, 0.15) is 47.5 Å². The maximum absolute atomic E-state index is 12.7. The number of ether oxygens (including phenoxy) is 1. The van der Waals surface area contributed by atoms with Crippen molar-refractivity contribution in [3.63, 3.8) is 0 Å². The average Bonchev–Trinajstić information content (AvgIpc) is 3.09. The molecule has 0 radical (unpaired) electrons. The lowest BCUT2D eigenvalue weighted by Crippen LogP contribution is -2.29. The number of carbonyl (C=O) groups excluding carboxylic acids is 2. The molecule has 5 nitrogen and oxygen atoms in total. The van der Waals surface area contributed by atoms with Crippen molar-refractivity contribution < 1.29 is 14.3 Å². The summed E-state index contributed by atoms with van der Waals surface area (Å²) in [6.07, 6.45) is 5.60. The summed E-state index contributed by atoms with van der Waals surface area (Å²) in [5.74, 6) is 0.0957. The highest BCUT2D eigenvalue weighted by atomic mass is 32.2. The SMILES string of the molecule is C=CCN1C(=O)CSC1=Nc1sc2c(c1C(=O)OC(C)C)CCCC2. The number of aliphatic imine (C=N–C) groups is 1. The molecule has 0 atom stereocenters. The number of fused-ring (bicyclic) bond motifs is 1. The number of amides is 1. The summed E-state index contributed by atoms with van der Waals surface area (Å²) < 4.78 is 5.46. The lowest BCUT2D eigenvalue weighted by atomic mass is 9.95. The monoisotopic (exact) mass is 378 g/mol. The lowest BCUT2D eigenvalue weighted by Gasteiger charge is -2.14. The fraction of sp³-hybridized carbons (Fsp3) is 0.500. The molecule has 0 saturated carbocycles. The number of esters is 1. The van der Waals surface area contributed by atoms with E-state index >= 15 is 0 Å². The topological polar surface area (TPSA) is 59.0 Å². The van der Waals surface area contributed by atoms with E-state index in [-0.39, 0.29) is 18.0 Å². The van der Waals surface area contributed by atoms with E-state index in [0.717, 1.165) is 31.2 Å². The smallest absolute Gasteiger partial charge is 0.341 e. The van der Waals surface area contributed by atoms with Crippen LogP contribution in [-0.2, 0) is 22.4 Å². The summed E-state index contributed by atoms with van der Waals surface area (Å²) in [4.78, 5) is 32.2. The zero-order chi connectivity index (χ0) is 18.0. The standard InChI is InChI=1S/C18H22N2O3S2/c1-4-9-20-14(21)10-24-18(20)19-16-15(17(22)23-11(2)3)12-7-5-6-8-13(12)25-16/h4,11H,1,5-10H2,2-3H3. The summed E-state index contributed by atoms with van der Waals surface area (Å²) >= 11 is 2.97. The Morgan fingerprint density at radius 2 is 2.16 bits per heavy atom. The molecule has 1 aromatic rings. The molecule has 1 aliphatic heterocycles. The van der Waals surface area contributed by atoms with E-state index in [1.807, 2.05) is 13.8 Å². The predicted molar refractivity (Wildman–Crippen MR) is 103 cm³/mol. The highest BCUT2D eigenvalue weighted by molar-refractivity contribution is 8.15. The Hall–Kier alpha value is -1.60. The van der Waals surface area contributed by atoms with Crippen LogP contribution in [0.4, 0.5) is 5.00 Å². The molecule has 25 heavy (non-hydrogen) atoms. The van der Waals surface area contributed by atoms with Crippen LogP contribution in [0.2, 0.25) is 0 Å². The van der Waals surface area contributed by atoms with Gasteiger partial charge in [0.15, 0.2) is 5.17 Å². The minimum Gasteiger partial charge on any atom is -0.459 e. The van der Waals surface area contributed by atoms with Crippen molar-refractivity contribution in [2.75, 3.05) is 12.3 Å².